The number of nitrogens with two attached hydrogens (primary N) is 2. The smallest absolute Gasteiger partial charge is 0.0314 e. The average molecular weight is 347 g/mol. The Morgan fingerprint density at radius 2 is 1.35 bits per heavy atom. The molecule has 2 aromatic carbocycles. The summed E-state index contributed by atoms with van der Waals surface area (Å²) in [7, 11) is 0. The number of hydrogen-bond acceptors (Lipinski definition) is 2. The van der Waals surface area contributed by atoms with Gasteiger partial charge in [0.25, 0.3) is 0 Å². The van der Waals surface area contributed by atoms with E-state index < -0.39 is 0 Å². The molecular weight excluding hydrogens is 316 g/mol. The Morgan fingerprint density at radius 1 is 0.808 bits per heavy atom. The molecule has 2 aromatic rings. The second kappa shape index (κ2) is 7.03. The van der Waals surface area contributed by atoms with Crippen molar-refractivity contribution in [2.75, 3.05) is 11.5 Å². The predicted octanol–water partition coefficient (Wildman–Crippen LogP) is 5.68. The molecule has 0 aromatic heterocycles. The molecule has 0 spiro atoms. The van der Waals surface area contributed by atoms with E-state index in [1.165, 1.54) is 16.7 Å². The van der Waals surface area contributed by atoms with Crippen LogP contribution in [0.3, 0.4) is 0 Å². The summed E-state index contributed by atoms with van der Waals surface area (Å²) in [6.07, 6.45) is 6.92. The fourth-order valence-electron chi connectivity index (χ4n) is 4.36. The number of anilines is 2. The maximum Gasteiger partial charge on any atom is 0.0314 e. The number of rotatable bonds is 4. The van der Waals surface area contributed by atoms with Crippen LogP contribution < -0.4 is 11.5 Å². The van der Waals surface area contributed by atoms with E-state index in [4.69, 9.17) is 11.5 Å². The van der Waals surface area contributed by atoms with Crippen molar-refractivity contribution < 1.29 is 0 Å². The van der Waals surface area contributed by atoms with Gasteiger partial charge in [-0.2, -0.15) is 0 Å². The molecule has 1 aliphatic carbocycles. The van der Waals surface area contributed by atoms with Gasteiger partial charge in [0.05, 0.1) is 0 Å². The van der Waals surface area contributed by atoms with Gasteiger partial charge in [0.15, 0.2) is 0 Å². The normalized spacial score (nSPS) is 22.7. The Bertz CT molecular complexity index is 810. The van der Waals surface area contributed by atoms with Crippen molar-refractivity contribution in [1.29, 1.82) is 0 Å². The summed E-state index contributed by atoms with van der Waals surface area (Å²) in [6.45, 7) is 9.19. The van der Waals surface area contributed by atoms with Gasteiger partial charge in [-0.05, 0) is 47.2 Å². The molecule has 3 rings (SSSR count). The molecule has 0 aliphatic heterocycles. The highest BCUT2D eigenvalue weighted by atomic mass is 14.6. The van der Waals surface area contributed by atoms with E-state index in [2.05, 4.69) is 70.2 Å². The summed E-state index contributed by atoms with van der Waals surface area (Å²) in [5.74, 6) is 1.17. The van der Waals surface area contributed by atoms with Crippen molar-refractivity contribution in [3.05, 3.63) is 83.5 Å². The Kier molecular flexibility index (Phi) is 4.95. The summed E-state index contributed by atoms with van der Waals surface area (Å²) in [5, 5.41) is 0. The molecule has 0 radical (unpaired) electrons. The van der Waals surface area contributed by atoms with E-state index in [1.54, 1.807) is 0 Å². The van der Waals surface area contributed by atoms with Crippen molar-refractivity contribution >= 4 is 11.4 Å². The number of nitrogen functional groups attached to an aromatic ring is 2. The molecule has 0 bridgehead atoms. The lowest BCUT2D eigenvalue weighted by Gasteiger charge is -2.47. The predicted molar refractivity (Wildman–Crippen MR) is 113 cm³/mol. The summed E-state index contributed by atoms with van der Waals surface area (Å²) in [5.41, 5.74) is 17.5. The van der Waals surface area contributed by atoms with Crippen LogP contribution in [-0.2, 0) is 5.41 Å². The second-order valence-corrected chi connectivity index (χ2v) is 7.99. The first-order valence-corrected chi connectivity index (χ1v) is 9.47. The molecule has 0 heterocycles. The topological polar surface area (TPSA) is 52.0 Å². The SMILES string of the molecule is CC(C)C1=CC=CC(c2ccc(N)cc2)(C(C)C)C1c1ccc(N)cc1. The molecule has 0 saturated carbocycles. The van der Waals surface area contributed by atoms with Crippen LogP contribution in [0.15, 0.2) is 72.3 Å². The highest BCUT2D eigenvalue weighted by Crippen LogP contribution is 2.53. The quantitative estimate of drug-likeness (QED) is 0.700. The fraction of sp³-hybridized carbons (Fsp3) is 0.333. The van der Waals surface area contributed by atoms with E-state index in [0.717, 1.165) is 11.4 Å². The van der Waals surface area contributed by atoms with Gasteiger partial charge in [-0.1, -0.05) is 75.8 Å². The van der Waals surface area contributed by atoms with Crippen LogP contribution in [0, 0.1) is 11.8 Å². The van der Waals surface area contributed by atoms with Gasteiger partial charge in [-0.15, -0.1) is 0 Å². The summed E-state index contributed by atoms with van der Waals surface area (Å²) >= 11 is 0. The van der Waals surface area contributed by atoms with Crippen molar-refractivity contribution in [2.24, 2.45) is 11.8 Å². The van der Waals surface area contributed by atoms with Gasteiger partial charge >= 0.3 is 0 Å². The van der Waals surface area contributed by atoms with Crippen molar-refractivity contribution in [3.8, 4) is 0 Å². The summed E-state index contributed by atoms with van der Waals surface area (Å²) in [4.78, 5) is 0. The van der Waals surface area contributed by atoms with E-state index in [0.29, 0.717) is 11.8 Å². The van der Waals surface area contributed by atoms with Gasteiger partial charge in [0, 0.05) is 22.7 Å². The lowest BCUT2D eigenvalue weighted by Crippen LogP contribution is -2.40. The highest BCUT2D eigenvalue weighted by molar-refractivity contribution is 5.53. The van der Waals surface area contributed by atoms with Crippen LogP contribution in [-0.4, -0.2) is 0 Å². The van der Waals surface area contributed by atoms with E-state index >= 15 is 0 Å². The molecule has 2 unspecified atom stereocenters. The Balaban J connectivity index is 2.26. The van der Waals surface area contributed by atoms with E-state index in [9.17, 15) is 0 Å². The molecule has 4 N–H and O–H groups in total. The number of benzene rings is 2. The van der Waals surface area contributed by atoms with Crippen LogP contribution in [0.4, 0.5) is 11.4 Å². The number of allylic oxidation sites excluding steroid dienone is 4. The van der Waals surface area contributed by atoms with Crippen molar-refractivity contribution in [3.63, 3.8) is 0 Å². The van der Waals surface area contributed by atoms with E-state index in [1.807, 2.05) is 24.3 Å². The zero-order valence-corrected chi connectivity index (χ0v) is 16.2. The summed E-state index contributed by atoms with van der Waals surface area (Å²) in [6, 6.07) is 16.8. The fourth-order valence-corrected chi connectivity index (χ4v) is 4.36. The standard InChI is InChI=1S/C24H30N2/c1-16(2)22-6-5-15-24(17(3)4,19-9-13-21(26)14-10-19)23(22)18-7-11-20(25)12-8-18/h5-17,23H,25-26H2,1-4H3. The minimum Gasteiger partial charge on any atom is -0.399 e. The molecule has 0 fully saturated rings. The van der Waals surface area contributed by atoms with Gasteiger partial charge in [0.1, 0.15) is 0 Å². The van der Waals surface area contributed by atoms with Crippen LogP contribution in [0.1, 0.15) is 44.7 Å². The van der Waals surface area contributed by atoms with Crippen molar-refractivity contribution in [2.45, 2.75) is 39.0 Å². The lowest BCUT2D eigenvalue weighted by atomic mass is 9.56. The Labute approximate surface area is 157 Å². The molecule has 1 aliphatic rings. The minimum atomic E-state index is -0.113. The summed E-state index contributed by atoms with van der Waals surface area (Å²) < 4.78 is 0. The largest absolute Gasteiger partial charge is 0.399 e. The maximum atomic E-state index is 5.97. The molecule has 2 heteroatoms. The number of hydrogen-bond donors (Lipinski definition) is 2. The Hall–Kier alpha value is -2.48. The Morgan fingerprint density at radius 3 is 1.85 bits per heavy atom. The molecular formula is C24H30N2. The molecule has 0 amide bonds. The third kappa shape index (κ3) is 3.05. The van der Waals surface area contributed by atoms with E-state index in [-0.39, 0.29) is 11.3 Å². The third-order valence-corrected chi connectivity index (χ3v) is 5.77. The highest BCUT2D eigenvalue weighted by Gasteiger charge is 2.45. The first kappa shape index (κ1) is 18.3. The molecule has 26 heavy (non-hydrogen) atoms. The van der Waals surface area contributed by atoms with Gasteiger partial charge < -0.3 is 11.5 Å². The van der Waals surface area contributed by atoms with Crippen molar-refractivity contribution in [1.82, 2.24) is 0 Å². The maximum absolute atomic E-state index is 5.97. The minimum absolute atomic E-state index is 0.113. The first-order valence-electron chi connectivity index (χ1n) is 9.47. The zero-order valence-electron chi connectivity index (χ0n) is 16.2. The van der Waals surface area contributed by atoms with Gasteiger partial charge in [0.2, 0.25) is 0 Å². The van der Waals surface area contributed by atoms with Crippen LogP contribution >= 0.6 is 0 Å². The van der Waals surface area contributed by atoms with Crippen LogP contribution in [0.5, 0.6) is 0 Å². The molecule has 2 nitrogen and oxygen atoms in total. The third-order valence-electron chi connectivity index (χ3n) is 5.77. The zero-order chi connectivity index (χ0) is 18.9. The van der Waals surface area contributed by atoms with Crippen LogP contribution in [0.2, 0.25) is 0 Å². The van der Waals surface area contributed by atoms with Crippen LogP contribution in [0.25, 0.3) is 0 Å². The van der Waals surface area contributed by atoms with Gasteiger partial charge in [-0.3, -0.25) is 0 Å². The monoisotopic (exact) mass is 346 g/mol. The average Bonchev–Trinajstić information content (AvgIpc) is 2.62. The molecule has 0 saturated heterocycles. The van der Waals surface area contributed by atoms with Gasteiger partial charge in [-0.25, -0.2) is 0 Å². The first-order chi connectivity index (χ1) is 12.4. The second-order valence-electron chi connectivity index (χ2n) is 7.99. The molecule has 2 atom stereocenters. The lowest BCUT2D eigenvalue weighted by molar-refractivity contribution is 0.325. The molecule has 136 valence electrons.